The Hall–Kier alpha value is -1.41. The lowest BCUT2D eigenvalue weighted by Gasteiger charge is -1.87. The molecule has 4 heteroatoms. The van der Waals surface area contributed by atoms with Gasteiger partial charge in [0.25, 0.3) is 5.91 Å². The maximum Gasteiger partial charge on any atom is 0.283 e. The minimum absolute atomic E-state index is 0.481. The number of aliphatic imine (C=N–C) groups is 1. The fourth-order valence-electron chi connectivity index (χ4n) is 0.285. The van der Waals surface area contributed by atoms with E-state index < -0.39 is 5.91 Å². The molecular weight excluding hydrogens is 134 g/mol. The summed E-state index contributed by atoms with van der Waals surface area (Å²) in [6.07, 6.45) is 3.35. The van der Waals surface area contributed by atoms with Gasteiger partial charge in [-0.2, -0.15) is 0 Å². The van der Waals surface area contributed by atoms with Crippen LogP contribution in [0.5, 0.6) is 0 Å². The highest BCUT2D eigenvalue weighted by atomic mass is 16.5. The predicted octanol–water partition coefficient (Wildman–Crippen LogP) is 0.399. The van der Waals surface area contributed by atoms with Crippen LogP contribution < -0.4 is 0 Å². The van der Waals surface area contributed by atoms with Crippen molar-refractivity contribution in [1.82, 2.24) is 0 Å². The highest BCUT2D eigenvalue weighted by molar-refractivity contribution is 5.91. The molecule has 0 aromatic carbocycles. The van der Waals surface area contributed by atoms with Crippen LogP contribution in [0.15, 0.2) is 17.3 Å². The van der Waals surface area contributed by atoms with Crippen molar-refractivity contribution in [3.05, 3.63) is 12.3 Å². The van der Waals surface area contributed by atoms with Crippen LogP contribution in [0.25, 0.3) is 0 Å². The van der Waals surface area contributed by atoms with Crippen molar-refractivity contribution in [2.45, 2.75) is 6.92 Å². The third-order valence-electron chi connectivity index (χ3n) is 0.629. The highest BCUT2D eigenvalue weighted by Gasteiger charge is 1.86. The van der Waals surface area contributed by atoms with Gasteiger partial charge in [-0.05, 0) is 6.92 Å². The lowest BCUT2D eigenvalue weighted by Crippen LogP contribution is -1.86. The molecule has 0 aromatic rings. The Bertz CT molecular complexity index is 179. The number of carbonyl (C=O) groups is 1. The molecule has 4 nitrogen and oxygen atoms in total. The standard InChI is InChI=1S/C6H7NO3/c1-2-10-4-3-6(9)7-5-8/h3-4H,2H2,1H3/b4-3+. The monoisotopic (exact) mass is 141 g/mol. The molecule has 0 aliphatic heterocycles. The topological polar surface area (TPSA) is 55.7 Å². The lowest BCUT2D eigenvalue weighted by atomic mass is 10.6. The van der Waals surface area contributed by atoms with Gasteiger partial charge in [-0.3, -0.25) is 4.79 Å². The number of hydrogen-bond acceptors (Lipinski definition) is 3. The van der Waals surface area contributed by atoms with Crippen LogP contribution in [0, 0.1) is 0 Å². The van der Waals surface area contributed by atoms with Crippen molar-refractivity contribution in [3.63, 3.8) is 0 Å². The van der Waals surface area contributed by atoms with Crippen LogP contribution in [0.1, 0.15) is 6.92 Å². The Morgan fingerprint density at radius 3 is 3.00 bits per heavy atom. The van der Waals surface area contributed by atoms with Crippen molar-refractivity contribution in [2.75, 3.05) is 6.61 Å². The SMILES string of the molecule is CCO/C=C/C(=O)N=C=O. The second kappa shape index (κ2) is 5.72. The Morgan fingerprint density at radius 2 is 2.50 bits per heavy atom. The molecule has 0 N–H and O–H groups in total. The Balaban J connectivity index is 3.66. The smallest absolute Gasteiger partial charge is 0.283 e. The first kappa shape index (κ1) is 8.59. The van der Waals surface area contributed by atoms with E-state index >= 15 is 0 Å². The average Bonchev–Trinajstić information content (AvgIpc) is 1.89. The molecule has 0 aliphatic carbocycles. The number of amides is 1. The number of hydrogen-bond donors (Lipinski definition) is 0. The molecule has 0 bridgehead atoms. The minimum atomic E-state index is -0.663. The van der Waals surface area contributed by atoms with E-state index in [0.29, 0.717) is 6.61 Å². The number of rotatable bonds is 3. The van der Waals surface area contributed by atoms with Gasteiger partial charge < -0.3 is 4.74 Å². The summed E-state index contributed by atoms with van der Waals surface area (Å²) in [7, 11) is 0. The van der Waals surface area contributed by atoms with Gasteiger partial charge in [0.05, 0.1) is 12.9 Å². The fraction of sp³-hybridized carbons (Fsp3) is 0.333. The Kier molecular flexibility index (Phi) is 4.91. The van der Waals surface area contributed by atoms with Crippen molar-refractivity contribution >= 4 is 12.0 Å². The summed E-state index contributed by atoms with van der Waals surface area (Å²) in [5.41, 5.74) is 0. The molecule has 0 aliphatic rings. The molecular formula is C6H7NO3. The maximum absolute atomic E-state index is 10.3. The van der Waals surface area contributed by atoms with E-state index in [-0.39, 0.29) is 0 Å². The van der Waals surface area contributed by atoms with Gasteiger partial charge in [-0.1, -0.05) is 0 Å². The summed E-state index contributed by atoms with van der Waals surface area (Å²) < 4.78 is 4.66. The number of nitrogens with zero attached hydrogens (tertiary/aromatic N) is 1. The Labute approximate surface area is 58.2 Å². The first-order valence-electron chi connectivity index (χ1n) is 2.71. The quantitative estimate of drug-likeness (QED) is 0.247. The van der Waals surface area contributed by atoms with E-state index in [1.165, 1.54) is 6.26 Å². The van der Waals surface area contributed by atoms with Crippen molar-refractivity contribution in [2.24, 2.45) is 4.99 Å². The molecule has 54 valence electrons. The summed E-state index contributed by atoms with van der Waals surface area (Å²) in [5, 5.41) is 0. The first-order chi connectivity index (χ1) is 4.81. The van der Waals surface area contributed by atoms with Crippen LogP contribution in [0.2, 0.25) is 0 Å². The molecule has 0 radical (unpaired) electrons. The van der Waals surface area contributed by atoms with Gasteiger partial charge in [0, 0.05) is 6.08 Å². The largest absolute Gasteiger partial charge is 0.501 e. The normalized spacial score (nSPS) is 8.90. The minimum Gasteiger partial charge on any atom is -0.501 e. The van der Waals surface area contributed by atoms with E-state index in [1.807, 2.05) is 0 Å². The van der Waals surface area contributed by atoms with E-state index in [1.54, 1.807) is 6.92 Å². The average molecular weight is 141 g/mol. The summed E-state index contributed by atoms with van der Waals surface area (Å²) in [6.45, 7) is 2.26. The number of ether oxygens (including phenoxy) is 1. The summed E-state index contributed by atoms with van der Waals surface area (Å²) in [4.78, 5) is 22.6. The van der Waals surface area contributed by atoms with Crippen LogP contribution >= 0.6 is 0 Å². The van der Waals surface area contributed by atoms with Gasteiger partial charge in [-0.25, -0.2) is 4.79 Å². The van der Waals surface area contributed by atoms with Crippen LogP contribution in [0.3, 0.4) is 0 Å². The van der Waals surface area contributed by atoms with E-state index in [2.05, 4.69) is 9.73 Å². The van der Waals surface area contributed by atoms with E-state index in [9.17, 15) is 9.59 Å². The van der Waals surface area contributed by atoms with E-state index in [0.717, 1.165) is 12.2 Å². The number of isocyanates is 1. The predicted molar refractivity (Wildman–Crippen MR) is 33.9 cm³/mol. The first-order valence-corrected chi connectivity index (χ1v) is 2.71. The van der Waals surface area contributed by atoms with Gasteiger partial charge in [0.15, 0.2) is 0 Å². The zero-order valence-corrected chi connectivity index (χ0v) is 5.53. The Morgan fingerprint density at radius 1 is 1.80 bits per heavy atom. The van der Waals surface area contributed by atoms with Crippen molar-refractivity contribution < 1.29 is 14.3 Å². The summed E-state index contributed by atoms with van der Waals surface area (Å²) in [5.74, 6) is -0.663. The van der Waals surface area contributed by atoms with Crippen molar-refractivity contribution in [3.8, 4) is 0 Å². The second-order valence-electron chi connectivity index (χ2n) is 1.30. The van der Waals surface area contributed by atoms with Crippen molar-refractivity contribution in [1.29, 1.82) is 0 Å². The van der Waals surface area contributed by atoms with Gasteiger partial charge in [0.1, 0.15) is 0 Å². The molecule has 0 rings (SSSR count). The molecule has 0 fully saturated rings. The summed E-state index contributed by atoms with van der Waals surface area (Å²) in [6, 6.07) is 0. The highest BCUT2D eigenvalue weighted by Crippen LogP contribution is 1.79. The van der Waals surface area contributed by atoms with E-state index in [4.69, 9.17) is 0 Å². The van der Waals surface area contributed by atoms with Crippen LogP contribution in [-0.4, -0.2) is 18.6 Å². The molecule has 0 spiro atoms. The third-order valence-corrected chi connectivity index (χ3v) is 0.629. The zero-order chi connectivity index (χ0) is 7.82. The molecule has 0 atom stereocenters. The molecule has 0 heterocycles. The molecule has 10 heavy (non-hydrogen) atoms. The maximum atomic E-state index is 10.3. The zero-order valence-electron chi connectivity index (χ0n) is 5.53. The third kappa shape index (κ3) is 4.74. The van der Waals surface area contributed by atoms with Gasteiger partial charge in [-0.15, -0.1) is 4.99 Å². The lowest BCUT2D eigenvalue weighted by molar-refractivity contribution is -0.113. The molecule has 1 amide bonds. The second-order valence-corrected chi connectivity index (χ2v) is 1.30. The van der Waals surface area contributed by atoms with Crippen LogP contribution in [0.4, 0.5) is 0 Å². The van der Waals surface area contributed by atoms with Gasteiger partial charge >= 0.3 is 0 Å². The molecule has 0 unspecified atom stereocenters. The van der Waals surface area contributed by atoms with Crippen LogP contribution in [-0.2, 0) is 14.3 Å². The van der Waals surface area contributed by atoms with Gasteiger partial charge in [0.2, 0.25) is 6.08 Å². The summed E-state index contributed by atoms with van der Waals surface area (Å²) >= 11 is 0. The molecule has 0 aromatic heterocycles. The number of carbonyl (C=O) groups excluding carboxylic acids is 2. The molecule has 0 saturated carbocycles. The molecule has 0 saturated heterocycles. The fourth-order valence-corrected chi connectivity index (χ4v) is 0.285.